The van der Waals surface area contributed by atoms with Crippen LogP contribution in [0.5, 0.6) is 0 Å². The van der Waals surface area contributed by atoms with Crippen molar-refractivity contribution in [1.82, 2.24) is 14.9 Å². The Morgan fingerprint density at radius 3 is 2.57 bits per heavy atom. The molecule has 0 spiro atoms. The van der Waals surface area contributed by atoms with E-state index in [1.165, 1.54) is 29.7 Å². The maximum atomic E-state index is 12.0. The van der Waals surface area contributed by atoms with Gasteiger partial charge >= 0.3 is 0 Å². The van der Waals surface area contributed by atoms with Gasteiger partial charge in [-0.05, 0) is 32.9 Å². The van der Waals surface area contributed by atoms with Crippen molar-refractivity contribution in [1.29, 1.82) is 0 Å². The first-order chi connectivity index (χ1) is 9.77. The van der Waals surface area contributed by atoms with E-state index in [9.17, 15) is 8.42 Å². The Balaban J connectivity index is 2.82. The summed E-state index contributed by atoms with van der Waals surface area (Å²) in [6.07, 6.45) is 0. The first kappa shape index (κ1) is 17.9. The number of guanidine groups is 1. The van der Waals surface area contributed by atoms with Crippen LogP contribution in [0.1, 0.15) is 25.6 Å². The molecule has 2 N–H and O–H groups in total. The largest absolute Gasteiger partial charge is 0.357 e. The predicted molar refractivity (Wildman–Crippen MR) is 88.3 cm³/mol. The molecule has 1 rings (SSSR count). The molecule has 0 saturated heterocycles. The highest BCUT2D eigenvalue weighted by atomic mass is 32.2. The molecule has 0 aliphatic rings. The van der Waals surface area contributed by atoms with Crippen LogP contribution in [0.2, 0.25) is 0 Å². The minimum atomic E-state index is -3.35. The maximum Gasteiger partial charge on any atom is 0.252 e. The molecule has 21 heavy (non-hydrogen) atoms. The molecule has 0 saturated carbocycles. The van der Waals surface area contributed by atoms with Crippen LogP contribution in [-0.4, -0.2) is 45.4 Å². The molecule has 1 aromatic heterocycles. The second kappa shape index (κ2) is 7.77. The van der Waals surface area contributed by atoms with E-state index in [1.54, 1.807) is 6.07 Å². The van der Waals surface area contributed by atoms with Crippen LogP contribution in [0.15, 0.2) is 21.3 Å². The van der Waals surface area contributed by atoms with Gasteiger partial charge < -0.3 is 10.6 Å². The van der Waals surface area contributed by atoms with E-state index in [4.69, 9.17) is 0 Å². The lowest BCUT2D eigenvalue weighted by molar-refractivity contribution is 0.523. The molecule has 0 atom stereocenters. The molecule has 8 heteroatoms. The van der Waals surface area contributed by atoms with Crippen molar-refractivity contribution in [3.63, 3.8) is 0 Å². The fraction of sp³-hybridized carbons (Fsp3) is 0.615. The van der Waals surface area contributed by atoms with E-state index in [1.807, 2.05) is 26.8 Å². The summed E-state index contributed by atoms with van der Waals surface area (Å²) in [7, 11) is -0.291. The average molecular weight is 332 g/mol. The smallest absolute Gasteiger partial charge is 0.252 e. The van der Waals surface area contributed by atoms with Crippen molar-refractivity contribution in [3.05, 3.63) is 17.0 Å². The second-order valence-corrected chi connectivity index (χ2v) is 8.55. The Morgan fingerprint density at radius 1 is 1.38 bits per heavy atom. The Kier molecular flexibility index (Phi) is 6.63. The summed E-state index contributed by atoms with van der Waals surface area (Å²) in [5.74, 6) is 0.734. The number of rotatable bonds is 6. The summed E-state index contributed by atoms with van der Waals surface area (Å²) < 4.78 is 25.6. The molecule has 0 aliphatic heterocycles. The van der Waals surface area contributed by atoms with Crippen LogP contribution in [0, 0.1) is 0 Å². The van der Waals surface area contributed by atoms with Crippen LogP contribution in [0.25, 0.3) is 0 Å². The summed E-state index contributed by atoms with van der Waals surface area (Å²) in [4.78, 5) is 5.37. The first-order valence-corrected chi connectivity index (χ1v) is 9.09. The van der Waals surface area contributed by atoms with Gasteiger partial charge in [0.15, 0.2) is 5.96 Å². The molecule has 0 aromatic carbocycles. The molecule has 0 bridgehead atoms. The Morgan fingerprint density at radius 2 is 2.05 bits per heavy atom. The minimum absolute atomic E-state index is 0.288. The van der Waals surface area contributed by atoms with Crippen LogP contribution in [-0.2, 0) is 16.6 Å². The SMILES string of the molecule is CCNC(=NCc1ccc(S(=O)(=O)N(C)C)s1)NC(C)C. The molecular weight excluding hydrogens is 308 g/mol. The van der Waals surface area contributed by atoms with Gasteiger partial charge in [-0.15, -0.1) is 11.3 Å². The topological polar surface area (TPSA) is 73.8 Å². The Hall–Kier alpha value is -1.12. The average Bonchev–Trinajstić information content (AvgIpc) is 2.84. The maximum absolute atomic E-state index is 12.0. The lowest BCUT2D eigenvalue weighted by Gasteiger charge is -2.13. The molecule has 1 heterocycles. The zero-order valence-corrected chi connectivity index (χ0v) is 14.8. The van der Waals surface area contributed by atoms with Gasteiger partial charge in [-0.1, -0.05) is 0 Å². The minimum Gasteiger partial charge on any atom is -0.357 e. The zero-order chi connectivity index (χ0) is 16.0. The van der Waals surface area contributed by atoms with Crippen molar-refractivity contribution in [3.8, 4) is 0 Å². The van der Waals surface area contributed by atoms with Crippen molar-refractivity contribution >= 4 is 27.3 Å². The highest BCUT2D eigenvalue weighted by molar-refractivity contribution is 7.91. The van der Waals surface area contributed by atoms with Gasteiger partial charge in [0.2, 0.25) is 0 Å². The zero-order valence-electron chi connectivity index (χ0n) is 13.2. The van der Waals surface area contributed by atoms with Gasteiger partial charge in [-0.25, -0.2) is 17.7 Å². The molecule has 0 fully saturated rings. The normalized spacial score (nSPS) is 13.0. The quantitative estimate of drug-likeness (QED) is 0.611. The summed E-state index contributed by atoms with van der Waals surface area (Å²) in [5.41, 5.74) is 0. The Bertz CT molecular complexity index is 577. The third kappa shape index (κ3) is 5.29. The molecule has 6 nitrogen and oxygen atoms in total. The van der Waals surface area contributed by atoms with Crippen LogP contribution in [0.4, 0.5) is 0 Å². The van der Waals surface area contributed by atoms with Gasteiger partial charge in [-0.2, -0.15) is 0 Å². The third-order valence-electron chi connectivity index (χ3n) is 2.53. The summed E-state index contributed by atoms with van der Waals surface area (Å²) >= 11 is 1.25. The van der Waals surface area contributed by atoms with Crippen molar-refractivity contribution in [2.24, 2.45) is 4.99 Å². The molecule has 0 radical (unpaired) electrons. The van der Waals surface area contributed by atoms with Crippen LogP contribution >= 0.6 is 11.3 Å². The summed E-state index contributed by atoms with van der Waals surface area (Å²) in [6.45, 7) is 7.32. The monoisotopic (exact) mass is 332 g/mol. The fourth-order valence-electron chi connectivity index (χ4n) is 1.51. The Labute approximate surface area is 131 Å². The molecule has 0 aliphatic carbocycles. The van der Waals surface area contributed by atoms with E-state index in [2.05, 4.69) is 15.6 Å². The van der Waals surface area contributed by atoms with Gasteiger partial charge in [0, 0.05) is 31.6 Å². The number of thiophene rings is 1. The summed E-state index contributed by atoms with van der Waals surface area (Å²) in [5, 5.41) is 6.38. The molecule has 0 unspecified atom stereocenters. The van der Waals surface area contributed by atoms with E-state index in [-0.39, 0.29) is 6.04 Å². The highest BCUT2D eigenvalue weighted by Gasteiger charge is 2.19. The van der Waals surface area contributed by atoms with Crippen molar-refractivity contribution in [2.45, 2.75) is 37.6 Å². The van der Waals surface area contributed by atoms with E-state index < -0.39 is 10.0 Å². The van der Waals surface area contributed by atoms with E-state index >= 15 is 0 Å². The number of aliphatic imine (C=N–C) groups is 1. The van der Waals surface area contributed by atoms with Crippen LogP contribution in [0.3, 0.4) is 0 Å². The predicted octanol–water partition coefficient (Wildman–Crippen LogP) is 1.46. The number of nitrogens with zero attached hydrogens (tertiary/aromatic N) is 2. The third-order valence-corrected chi connectivity index (χ3v) is 5.89. The second-order valence-electron chi connectivity index (χ2n) is 5.00. The van der Waals surface area contributed by atoms with Crippen LogP contribution < -0.4 is 10.6 Å². The number of sulfonamides is 1. The molecular formula is C13H24N4O2S2. The molecule has 120 valence electrons. The van der Waals surface area contributed by atoms with Gasteiger partial charge in [0.1, 0.15) is 4.21 Å². The van der Waals surface area contributed by atoms with Crippen molar-refractivity contribution in [2.75, 3.05) is 20.6 Å². The van der Waals surface area contributed by atoms with E-state index in [0.717, 1.165) is 17.4 Å². The van der Waals surface area contributed by atoms with Crippen molar-refractivity contribution < 1.29 is 8.42 Å². The number of hydrogen-bond donors (Lipinski definition) is 2. The fourth-order valence-corrected chi connectivity index (χ4v) is 3.96. The molecule has 1 aromatic rings. The van der Waals surface area contributed by atoms with E-state index in [0.29, 0.717) is 10.8 Å². The van der Waals surface area contributed by atoms with Gasteiger partial charge in [-0.3, -0.25) is 0 Å². The van der Waals surface area contributed by atoms with Gasteiger partial charge in [0.05, 0.1) is 6.54 Å². The standard InChI is InChI=1S/C13H24N4O2S2/c1-6-14-13(16-10(2)3)15-9-11-7-8-12(20-11)21(18,19)17(4)5/h7-8,10H,6,9H2,1-5H3,(H2,14,15,16). The summed E-state index contributed by atoms with van der Waals surface area (Å²) in [6, 6.07) is 3.73. The molecule has 0 amide bonds. The first-order valence-electron chi connectivity index (χ1n) is 6.83. The lowest BCUT2D eigenvalue weighted by atomic mass is 10.4. The van der Waals surface area contributed by atoms with Gasteiger partial charge in [0.25, 0.3) is 10.0 Å². The lowest BCUT2D eigenvalue weighted by Crippen LogP contribution is -2.40. The number of hydrogen-bond acceptors (Lipinski definition) is 4. The number of nitrogens with one attached hydrogen (secondary N) is 2. The highest BCUT2D eigenvalue weighted by Crippen LogP contribution is 2.24.